The van der Waals surface area contributed by atoms with Crippen molar-refractivity contribution < 1.29 is 4.79 Å². The van der Waals surface area contributed by atoms with Gasteiger partial charge in [-0.2, -0.15) is 5.10 Å². The minimum atomic E-state index is -0.165. The van der Waals surface area contributed by atoms with Gasteiger partial charge in [-0.05, 0) is 36.1 Å². The standard InChI is InChI=1S/C17H15ClN4OS4/c1-11(14-3-2-8-24-14)19-20-15(23)10-26-17-22-21-16(27-17)25-9-12-4-6-13(18)7-5-12/h2-8H,9-10H2,1H3,(H,20,23)/b19-11+. The van der Waals surface area contributed by atoms with Gasteiger partial charge >= 0.3 is 0 Å². The molecule has 140 valence electrons. The number of thiophene rings is 1. The Morgan fingerprint density at radius 1 is 1.19 bits per heavy atom. The molecule has 0 aliphatic heterocycles. The zero-order chi connectivity index (χ0) is 19.1. The molecule has 3 aromatic rings. The van der Waals surface area contributed by atoms with Crippen LogP contribution in [0.4, 0.5) is 0 Å². The summed E-state index contributed by atoms with van der Waals surface area (Å²) in [5.41, 5.74) is 4.54. The summed E-state index contributed by atoms with van der Waals surface area (Å²) >= 11 is 11.9. The Kier molecular flexibility index (Phi) is 7.71. The Balaban J connectivity index is 1.43. The first-order valence-corrected chi connectivity index (χ1v) is 11.9. The number of carbonyl (C=O) groups is 1. The Morgan fingerprint density at radius 3 is 2.63 bits per heavy atom. The van der Waals surface area contributed by atoms with Crippen molar-refractivity contribution in [3.05, 3.63) is 57.2 Å². The summed E-state index contributed by atoms with van der Waals surface area (Å²) in [4.78, 5) is 13.0. The molecule has 1 N–H and O–H groups in total. The molecular weight excluding hydrogens is 440 g/mol. The highest BCUT2D eigenvalue weighted by atomic mass is 35.5. The highest BCUT2D eigenvalue weighted by Gasteiger charge is 2.09. The number of rotatable bonds is 8. The molecule has 0 aliphatic rings. The normalized spacial score (nSPS) is 11.6. The number of nitrogens with one attached hydrogen (secondary N) is 1. The van der Waals surface area contributed by atoms with E-state index in [9.17, 15) is 4.79 Å². The van der Waals surface area contributed by atoms with Gasteiger partial charge in [0, 0.05) is 15.7 Å². The van der Waals surface area contributed by atoms with Gasteiger partial charge in [0.25, 0.3) is 5.91 Å². The summed E-state index contributed by atoms with van der Waals surface area (Å²) in [6, 6.07) is 11.7. The number of nitrogens with zero attached hydrogens (tertiary/aromatic N) is 3. The molecule has 5 nitrogen and oxygen atoms in total. The Bertz CT molecular complexity index is 909. The minimum absolute atomic E-state index is 0.165. The number of hydrogen-bond donors (Lipinski definition) is 1. The van der Waals surface area contributed by atoms with Crippen molar-refractivity contribution in [2.45, 2.75) is 21.4 Å². The van der Waals surface area contributed by atoms with Crippen LogP contribution in [0.2, 0.25) is 5.02 Å². The third-order valence-corrected chi connectivity index (χ3v) is 7.71. The van der Waals surface area contributed by atoms with Gasteiger partial charge in [-0.15, -0.1) is 21.5 Å². The SMILES string of the molecule is C/C(=N\NC(=O)CSc1nnc(SCc2ccc(Cl)cc2)s1)c1cccs1. The summed E-state index contributed by atoms with van der Waals surface area (Å²) in [5, 5.41) is 15.1. The second-order valence-electron chi connectivity index (χ2n) is 5.25. The van der Waals surface area contributed by atoms with Crippen molar-refractivity contribution in [3.63, 3.8) is 0 Å². The van der Waals surface area contributed by atoms with E-state index >= 15 is 0 Å². The lowest BCUT2D eigenvalue weighted by Crippen LogP contribution is -2.20. The fourth-order valence-electron chi connectivity index (χ4n) is 1.88. The molecule has 0 saturated heterocycles. The molecular formula is C17H15ClN4OS4. The van der Waals surface area contributed by atoms with Crippen molar-refractivity contribution >= 4 is 69.4 Å². The van der Waals surface area contributed by atoms with E-state index in [1.165, 1.54) is 28.7 Å². The number of thioether (sulfide) groups is 2. The molecule has 0 atom stereocenters. The summed E-state index contributed by atoms with van der Waals surface area (Å²) < 4.78 is 1.64. The van der Waals surface area contributed by atoms with Gasteiger partial charge in [-0.25, -0.2) is 5.43 Å². The van der Waals surface area contributed by atoms with Crippen LogP contribution in [0.1, 0.15) is 17.4 Å². The van der Waals surface area contributed by atoms with Crippen LogP contribution >= 0.6 is 57.8 Å². The monoisotopic (exact) mass is 454 g/mol. The summed E-state index contributed by atoms with van der Waals surface area (Å²) in [6.45, 7) is 1.87. The van der Waals surface area contributed by atoms with Crippen LogP contribution < -0.4 is 5.43 Å². The smallest absolute Gasteiger partial charge is 0.250 e. The highest BCUT2D eigenvalue weighted by molar-refractivity contribution is 8.03. The van der Waals surface area contributed by atoms with E-state index in [-0.39, 0.29) is 11.7 Å². The predicted octanol–water partition coefficient (Wildman–Crippen LogP) is 5.18. The molecule has 1 amide bonds. The number of aromatic nitrogens is 2. The van der Waals surface area contributed by atoms with E-state index < -0.39 is 0 Å². The van der Waals surface area contributed by atoms with E-state index in [2.05, 4.69) is 20.7 Å². The molecule has 0 fully saturated rings. The van der Waals surface area contributed by atoms with Crippen LogP contribution in [0.3, 0.4) is 0 Å². The molecule has 0 radical (unpaired) electrons. The van der Waals surface area contributed by atoms with Gasteiger partial charge in [-0.1, -0.05) is 64.7 Å². The third kappa shape index (κ3) is 6.62. The maximum Gasteiger partial charge on any atom is 0.250 e. The molecule has 27 heavy (non-hydrogen) atoms. The number of hydrazone groups is 1. The molecule has 3 rings (SSSR count). The third-order valence-electron chi connectivity index (χ3n) is 3.22. The fraction of sp³-hybridized carbons (Fsp3) is 0.176. The van der Waals surface area contributed by atoms with Crippen molar-refractivity contribution in [2.75, 3.05) is 5.75 Å². The van der Waals surface area contributed by atoms with E-state index in [0.29, 0.717) is 0 Å². The average molecular weight is 455 g/mol. The van der Waals surface area contributed by atoms with Crippen LogP contribution in [-0.4, -0.2) is 27.6 Å². The molecule has 1 aromatic carbocycles. The Morgan fingerprint density at radius 2 is 1.93 bits per heavy atom. The lowest BCUT2D eigenvalue weighted by atomic mass is 10.2. The van der Waals surface area contributed by atoms with Gasteiger partial charge < -0.3 is 0 Å². The molecule has 2 aromatic heterocycles. The van der Waals surface area contributed by atoms with Crippen LogP contribution in [0.15, 0.2) is 55.6 Å². The number of benzene rings is 1. The van der Waals surface area contributed by atoms with Gasteiger partial charge in [0.15, 0.2) is 8.68 Å². The summed E-state index contributed by atoms with van der Waals surface area (Å²) in [7, 11) is 0. The molecule has 0 aliphatic carbocycles. The number of amides is 1. The van der Waals surface area contributed by atoms with E-state index in [1.807, 2.05) is 48.7 Å². The molecule has 10 heteroatoms. The van der Waals surface area contributed by atoms with Crippen molar-refractivity contribution in [1.29, 1.82) is 0 Å². The number of halogens is 1. The Hall–Kier alpha value is -1.39. The topological polar surface area (TPSA) is 67.2 Å². The first-order valence-electron chi connectivity index (χ1n) is 7.81. The van der Waals surface area contributed by atoms with Crippen LogP contribution in [0.25, 0.3) is 0 Å². The summed E-state index contributed by atoms with van der Waals surface area (Å²) in [5.74, 6) is 0.882. The van der Waals surface area contributed by atoms with Crippen molar-refractivity contribution in [2.24, 2.45) is 5.10 Å². The molecule has 0 saturated carbocycles. The van der Waals surface area contributed by atoms with Crippen LogP contribution in [-0.2, 0) is 10.5 Å². The summed E-state index contributed by atoms with van der Waals surface area (Å²) in [6.07, 6.45) is 0. The molecule has 0 unspecified atom stereocenters. The average Bonchev–Trinajstić information content (AvgIpc) is 3.36. The van der Waals surface area contributed by atoms with Crippen LogP contribution in [0.5, 0.6) is 0 Å². The highest BCUT2D eigenvalue weighted by Crippen LogP contribution is 2.30. The second kappa shape index (κ2) is 10.2. The molecule has 2 heterocycles. The first-order chi connectivity index (χ1) is 13.1. The maximum absolute atomic E-state index is 11.9. The second-order valence-corrected chi connectivity index (χ2v) is 10.1. The number of hydrogen-bond acceptors (Lipinski definition) is 8. The van der Waals surface area contributed by atoms with Crippen molar-refractivity contribution in [1.82, 2.24) is 15.6 Å². The van der Waals surface area contributed by atoms with Crippen molar-refractivity contribution in [3.8, 4) is 0 Å². The van der Waals surface area contributed by atoms with Crippen LogP contribution in [0, 0.1) is 0 Å². The minimum Gasteiger partial charge on any atom is -0.272 e. The van der Waals surface area contributed by atoms with Gasteiger partial charge in [0.05, 0.1) is 11.5 Å². The predicted molar refractivity (Wildman–Crippen MR) is 116 cm³/mol. The Labute approximate surface area is 178 Å². The first kappa shape index (κ1) is 20.3. The van der Waals surface area contributed by atoms with E-state index in [4.69, 9.17) is 11.6 Å². The lowest BCUT2D eigenvalue weighted by Gasteiger charge is -2.00. The van der Waals surface area contributed by atoms with E-state index in [0.717, 1.165) is 30.0 Å². The van der Waals surface area contributed by atoms with Gasteiger partial charge in [-0.3, -0.25) is 4.79 Å². The van der Waals surface area contributed by atoms with Gasteiger partial charge in [0.2, 0.25) is 0 Å². The fourth-order valence-corrected chi connectivity index (χ4v) is 5.46. The zero-order valence-electron chi connectivity index (χ0n) is 14.2. The number of carbonyl (C=O) groups excluding carboxylic acids is 1. The zero-order valence-corrected chi connectivity index (χ0v) is 18.2. The van der Waals surface area contributed by atoms with Gasteiger partial charge in [0.1, 0.15) is 0 Å². The molecule has 0 bridgehead atoms. The van der Waals surface area contributed by atoms with E-state index in [1.54, 1.807) is 23.1 Å². The molecule has 0 spiro atoms. The lowest BCUT2D eigenvalue weighted by molar-refractivity contribution is -0.118. The largest absolute Gasteiger partial charge is 0.272 e. The quantitative estimate of drug-likeness (QED) is 0.288. The maximum atomic E-state index is 11.9.